The van der Waals surface area contributed by atoms with Gasteiger partial charge in [0.2, 0.25) is 0 Å². The van der Waals surface area contributed by atoms with Crippen molar-refractivity contribution < 1.29 is 13.2 Å². The van der Waals surface area contributed by atoms with Crippen LogP contribution in [0.25, 0.3) is 0 Å². The maximum absolute atomic E-state index is 13.2. The van der Waals surface area contributed by atoms with E-state index in [1.54, 1.807) is 24.3 Å². The summed E-state index contributed by atoms with van der Waals surface area (Å²) in [4.78, 5) is 13.3. The topological polar surface area (TPSA) is 54.5 Å². The molecule has 1 saturated heterocycles. The van der Waals surface area contributed by atoms with E-state index in [4.69, 9.17) is 0 Å². The molecule has 1 heterocycles. The Morgan fingerprint density at radius 3 is 2.28 bits per heavy atom. The highest BCUT2D eigenvalue weighted by molar-refractivity contribution is 7.89. The number of hydrogen-bond acceptors (Lipinski definition) is 3. The lowest BCUT2D eigenvalue weighted by Gasteiger charge is -2.30. The number of carbonyl (C=O) groups is 1. The van der Waals surface area contributed by atoms with Gasteiger partial charge in [-0.15, -0.1) is 0 Å². The normalized spacial score (nSPS) is 26.2. The van der Waals surface area contributed by atoms with Crippen LogP contribution in [-0.2, 0) is 14.8 Å². The third-order valence-corrected chi connectivity index (χ3v) is 6.87. The molecule has 4 nitrogen and oxygen atoms in total. The first-order valence-corrected chi connectivity index (χ1v) is 10.4. The highest BCUT2D eigenvalue weighted by atomic mass is 32.2. The third kappa shape index (κ3) is 3.39. The van der Waals surface area contributed by atoms with E-state index in [0.29, 0.717) is 5.57 Å². The molecular formula is C20H27NO3S. The van der Waals surface area contributed by atoms with Crippen LogP contribution in [0.4, 0.5) is 0 Å². The summed E-state index contributed by atoms with van der Waals surface area (Å²) in [5.74, 6) is -0.298. The van der Waals surface area contributed by atoms with Crippen LogP contribution in [0.2, 0.25) is 0 Å². The minimum absolute atomic E-state index is 0.0284. The number of amides is 1. The first-order chi connectivity index (χ1) is 11.6. The van der Waals surface area contributed by atoms with E-state index in [1.807, 2.05) is 33.8 Å². The van der Waals surface area contributed by atoms with E-state index in [9.17, 15) is 13.2 Å². The molecule has 0 N–H and O–H groups in total. The molecular weight excluding hydrogens is 334 g/mol. The molecule has 1 aromatic rings. The molecule has 5 heteroatoms. The van der Waals surface area contributed by atoms with Crippen molar-refractivity contribution in [3.05, 3.63) is 41.5 Å². The monoisotopic (exact) mass is 361 g/mol. The average molecular weight is 362 g/mol. The van der Waals surface area contributed by atoms with Gasteiger partial charge in [-0.25, -0.2) is 12.7 Å². The van der Waals surface area contributed by atoms with Gasteiger partial charge in [0, 0.05) is 11.5 Å². The van der Waals surface area contributed by atoms with Crippen LogP contribution in [0.3, 0.4) is 0 Å². The van der Waals surface area contributed by atoms with Crippen molar-refractivity contribution in [2.75, 3.05) is 0 Å². The maximum atomic E-state index is 13.2. The Labute approximate surface area is 151 Å². The van der Waals surface area contributed by atoms with E-state index >= 15 is 0 Å². The number of nitrogens with zero attached hydrogens (tertiary/aromatic N) is 1. The number of fused-ring (bicyclic) bond motifs is 1. The number of benzene rings is 1. The predicted octanol–water partition coefficient (Wildman–Crippen LogP) is 4.06. The standard InChI is InChI=1S/C20H27NO3S/c1-14-9-11-15(12-10-14)25(23,24)21-18-8-6-5-7-16(18)17(19(21)22)13-20(2,3)4/h9-13,16,18H,5-8H2,1-4H3/b17-13-/t16-,18+/m0/s1. The highest BCUT2D eigenvalue weighted by Gasteiger charge is 2.50. The van der Waals surface area contributed by atoms with E-state index < -0.39 is 10.0 Å². The first kappa shape index (κ1) is 18.2. The Morgan fingerprint density at radius 2 is 1.68 bits per heavy atom. The van der Waals surface area contributed by atoms with Crippen molar-refractivity contribution in [3.63, 3.8) is 0 Å². The van der Waals surface area contributed by atoms with Gasteiger partial charge >= 0.3 is 0 Å². The Balaban J connectivity index is 2.07. The molecule has 2 fully saturated rings. The predicted molar refractivity (Wildman–Crippen MR) is 98.5 cm³/mol. The zero-order chi connectivity index (χ0) is 18.4. The van der Waals surface area contributed by atoms with Crippen LogP contribution in [0.15, 0.2) is 40.8 Å². The molecule has 3 rings (SSSR count). The number of sulfonamides is 1. The lowest BCUT2D eigenvalue weighted by molar-refractivity contribution is -0.121. The summed E-state index contributed by atoms with van der Waals surface area (Å²) >= 11 is 0. The van der Waals surface area contributed by atoms with Crippen LogP contribution in [0.1, 0.15) is 52.0 Å². The lowest BCUT2D eigenvalue weighted by Crippen LogP contribution is -2.41. The molecule has 136 valence electrons. The van der Waals surface area contributed by atoms with Crippen molar-refractivity contribution >= 4 is 15.9 Å². The van der Waals surface area contributed by atoms with Crippen molar-refractivity contribution in [1.29, 1.82) is 0 Å². The quantitative estimate of drug-likeness (QED) is 0.747. The fourth-order valence-corrected chi connectivity index (χ4v) is 5.58. The van der Waals surface area contributed by atoms with Gasteiger partial charge in [-0.2, -0.15) is 0 Å². The first-order valence-electron chi connectivity index (χ1n) is 8.99. The molecule has 1 saturated carbocycles. The fourth-order valence-electron chi connectivity index (χ4n) is 3.94. The zero-order valence-electron chi connectivity index (χ0n) is 15.5. The number of aryl methyl sites for hydroxylation is 1. The molecule has 0 spiro atoms. The van der Waals surface area contributed by atoms with Crippen LogP contribution in [-0.4, -0.2) is 24.7 Å². The summed E-state index contributed by atoms with van der Waals surface area (Å²) in [5, 5.41) is 0. The Kier molecular flexibility index (Phi) is 4.56. The van der Waals surface area contributed by atoms with E-state index in [2.05, 4.69) is 0 Å². The van der Waals surface area contributed by atoms with E-state index in [1.165, 1.54) is 4.31 Å². The fraction of sp³-hybridized carbons (Fsp3) is 0.550. The van der Waals surface area contributed by atoms with Gasteiger partial charge in [0.15, 0.2) is 0 Å². The second-order valence-electron chi connectivity index (χ2n) is 8.34. The van der Waals surface area contributed by atoms with E-state index in [0.717, 1.165) is 31.2 Å². The van der Waals surface area contributed by atoms with Crippen LogP contribution in [0.5, 0.6) is 0 Å². The van der Waals surface area contributed by atoms with Gasteiger partial charge in [-0.3, -0.25) is 4.79 Å². The molecule has 0 unspecified atom stereocenters. The Morgan fingerprint density at radius 1 is 1.08 bits per heavy atom. The minimum Gasteiger partial charge on any atom is -0.268 e. The highest BCUT2D eigenvalue weighted by Crippen LogP contribution is 2.44. The van der Waals surface area contributed by atoms with Gasteiger partial charge in [-0.05, 0) is 37.3 Å². The molecule has 2 atom stereocenters. The van der Waals surface area contributed by atoms with Gasteiger partial charge in [0.05, 0.1) is 10.9 Å². The van der Waals surface area contributed by atoms with Crippen molar-refractivity contribution in [2.24, 2.45) is 11.3 Å². The SMILES string of the molecule is Cc1ccc(S(=O)(=O)N2C(=O)/C(=C\C(C)(C)C)[C@@H]3CCCC[C@H]32)cc1. The number of carbonyl (C=O) groups excluding carboxylic acids is 1. The molecule has 1 aliphatic carbocycles. The van der Waals surface area contributed by atoms with E-state index in [-0.39, 0.29) is 28.2 Å². The summed E-state index contributed by atoms with van der Waals surface area (Å²) < 4.78 is 27.6. The third-order valence-electron chi connectivity index (χ3n) is 5.04. The second kappa shape index (κ2) is 6.27. The Hall–Kier alpha value is -1.62. The second-order valence-corrected chi connectivity index (χ2v) is 10.2. The van der Waals surface area contributed by atoms with Crippen LogP contribution < -0.4 is 0 Å². The number of rotatable bonds is 2. The smallest absolute Gasteiger partial charge is 0.267 e. The summed E-state index contributed by atoms with van der Waals surface area (Å²) in [7, 11) is -3.82. The Bertz CT molecular complexity index is 800. The lowest BCUT2D eigenvalue weighted by atomic mass is 9.80. The molecule has 0 aromatic heterocycles. The van der Waals surface area contributed by atoms with Gasteiger partial charge in [-0.1, -0.05) is 57.4 Å². The number of hydrogen-bond donors (Lipinski definition) is 0. The van der Waals surface area contributed by atoms with Crippen molar-refractivity contribution in [2.45, 2.75) is 64.3 Å². The summed E-state index contributed by atoms with van der Waals surface area (Å²) in [5.41, 5.74) is 1.53. The molecule has 0 radical (unpaired) electrons. The van der Waals surface area contributed by atoms with Gasteiger partial charge in [0.1, 0.15) is 0 Å². The van der Waals surface area contributed by atoms with Crippen LogP contribution in [0, 0.1) is 18.3 Å². The minimum atomic E-state index is -3.82. The zero-order valence-corrected chi connectivity index (χ0v) is 16.3. The number of allylic oxidation sites excluding steroid dienone is 1. The van der Waals surface area contributed by atoms with Crippen molar-refractivity contribution in [1.82, 2.24) is 4.31 Å². The maximum Gasteiger partial charge on any atom is 0.267 e. The molecule has 25 heavy (non-hydrogen) atoms. The van der Waals surface area contributed by atoms with Crippen molar-refractivity contribution in [3.8, 4) is 0 Å². The summed E-state index contributed by atoms with van der Waals surface area (Å²) in [6, 6.07) is 6.51. The van der Waals surface area contributed by atoms with Gasteiger partial charge < -0.3 is 0 Å². The molecule has 1 aliphatic heterocycles. The average Bonchev–Trinajstić information content (AvgIpc) is 2.79. The summed E-state index contributed by atoms with van der Waals surface area (Å²) in [6.45, 7) is 8.05. The largest absolute Gasteiger partial charge is 0.268 e. The molecule has 1 amide bonds. The molecule has 0 bridgehead atoms. The molecule has 1 aromatic carbocycles. The summed E-state index contributed by atoms with van der Waals surface area (Å²) in [6.07, 6.45) is 5.63. The molecule has 2 aliphatic rings. The van der Waals surface area contributed by atoms with Crippen LogP contribution >= 0.6 is 0 Å². The van der Waals surface area contributed by atoms with Gasteiger partial charge in [0.25, 0.3) is 15.9 Å².